The van der Waals surface area contributed by atoms with Crippen molar-refractivity contribution in [2.75, 3.05) is 13.2 Å². The molecule has 1 rings (SSSR count). The van der Waals surface area contributed by atoms with Gasteiger partial charge >= 0.3 is 12.0 Å². The van der Waals surface area contributed by atoms with Gasteiger partial charge in [-0.15, -0.1) is 0 Å². The number of amides is 2. The molecule has 0 saturated heterocycles. The molecule has 0 heterocycles. The fraction of sp³-hybridized carbons (Fsp3) is 0.791. The largest absolute Gasteiger partial charge is 0.461 e. The second-order valence-corrected chi connectivity index (χ2v) is 15.7. The van der Waals surface area contributed by atoms with E-state index in [1.54, 1.807) is 0 Å². The second kappa shape index (κ2) is 32.2. The number of nitrogens with two attached hydrogens (primary N) is 1. The van der Waals surface area contributed by atoms with E-state index in [0.717, 1.165) is 50.2 Å². The first-order chi connectivity index (χ1) is 23.8. The van der Waals surface area contributed by atoms with E-state index in [2.05, 4.69) is 92.0 Å². The van der Waals surface area contributed by atoms with Crippen LogP contribution in [0.1, 0.15) is 154 Å². The van der Waals surface area contributed by atoms with Gasteiger partial charge in [0.1, 0.15) is 12.4 Å². The molecule has 0 aliphatic carbocycles. The smallest absolute Gasteiger partial charge is 0.312 e. The maximum absolute atomic E-state index is 12.4. The maximum Gasteiger partial charge on any atom is 0.312 e. The highest BCUT2D eigenvalue weighted by atomic mass is 16.5. The summed E-state index contributed by atoms with van der Waals surface area (Å²) < 4.78 is 10.5. The number of primary amides is 1. The Hall–Kier alpha value is -2.45. The number of Topliss-reactive ketones (excluding diaryl/α,β-unsaturated/α-hetero) is 1. The number of esters is 1. The van der Waals surface area contributed by atoms with E-state index in [-0.39, 0.29) is 23.7 Å². The van der Waals surface area contributed by atoms with Crippen molar-refractivity contribution in [3.05, 3.63) is 35.4 Å². The summed E-state index contributed by atoms with van der Waals surface area (Å²) >= 11 is 0. The zero-order chi connectivity index (χ0) is 40.1. The quantitative estimate of drug-likeness (QED) is 0.0859. The molecule has 300 valence electrons. The Kier molecular flexibility index (Phi) is 33.4. The summed E-state index contributed by atoms with van der Waals surface area (Å²) in [6.45, 7) is 35.2. The predicted molar refractivity (Wildman–Crippen MR) is 218 cm³/mol. The van der Waals surface area contributed by atoms with Gasteiger partial charge in [-0.25, -0.2) is 4.79 Å². The minimum Gasteiger partial charge on any atom is -0.461 e. The van der Waals surface area contributed by atoms with Gasteiger partial charge in [0.25, 0.3) is 0 Å². The van der Waals surface area contributed by atoms with Gasteiger partial charge in [-0.3, -0.25) is 9.59 Å². The lowest BCUT2D eigenvalue weighted by molar-refractivity contribution is -0.148. The fourth-order valence-corrected chi connectivity index (χ4v) is 4.98. The lowest BCUT2D eigenvalue weighted by atomic mass is 9.85. The van der Waals surface area contributed by atoms with Crippen LogP contribution in [0.5, 0.6) is 0 Å². The number of carbonyl (C=O) groups excluding carboxylic acids is 3. The number of hydrogen-bond donors (Lipinski definition) is 3. The zero-order valence-electron chi connectivity index (χ0n) is 36.0. The standard InChI is InChI=1S/C18H37N3O2.C15H22O2.C8H18O.C2H6/c1-12(2)16(21-14(5)6)10-9-15(17(22)13(3)4)8-7-11-20-18(19)23;1-11(2)9-13-5-7-14(8-6-13)10-17-15(16)12(3)4;1-7(2)5-6-9-8(3)4;1-2/h12-16,21H,7-11H2,1-6H3,(H3,19,20,23);5-8,11-12H,9-10H2,1-4H3;7-8H,5-6H2,1-4H3;1-2H3/t15-,16-;;;/m1.../s1. The van der Waals surface area contributed by atoms with Crippen LogP contribution in [-0.2, 0) is 32.1 Å². The van der Waals surface area contributed by atoms with Crippen LogP contribution in [0.2, 0.25) is 0 Å². The average Bonchev–Trinajstić information content (AvgIpc) is 3.03. The van der Waals surface area contributed by atoms with E-state index in [1.165, 1.54) is 12.0 Å². The monoisotopic (exact) mass is 722 g/mol. The third kappa shape index (κ3) is 33.2. The Morgan fingerprint density at radius 2 is 1.25 bits per heavy atom. The van der Waals surface area contributed by atoms with Crippen molar-refractivity contribution in [3.63, 3.8) is 0 Å². The van der Waals surface area contributed by atoms with E-state index in [9.17, 15) is 14.4 Å². The number of ketones is 1. The number of rotatable bonds is 21. The fourth-order valence-electron chi connectivity index (χ4n) is 4.98. The number of benzene rings is 1. The minimum absolute atomic E-state index is 0.0552. The van der Waals surface area contributed by atoms with Crippen molar-refractivity contribution < 1.29 is 23.9 Å². The van der Waals surface area contributed by atoms with Crippen LogP contribution >= 0.6 is 0 Å². The third-order valence-corrected chi connectivity index (χ3v) is 7.84. The summed E-state index contributed by atoms with van der Waals surface area (Å²) in [7, 11) is 0. The molecule has 0 fully saturated rings. The molecule has 0 bridgehead atoms. The highest BCUT2D eigenvalue weighted by Gasteiger charge is 2.23. The Bertz CT molecular complexity index is 980. The Balaban J connectivity index is -0.000000718. The number of nitrogens with one attached hydrogen (secondary N) is 2. The van der Waals surface area contributed by atoms with Gasteiger partial charge in [-0.1, -0.05) is 121 Å². The SMILES string of the molecule is CC.CC(C)CCOC(C)C.CC(C)Cc1ccc(COC(=O)C(C)C)cc1.CC(C)N[C@H](CC[C@@H](CCCNC(N)=O)C(=O)C(C)C)C(C)C. The highest BCUT2D eigenvalue weighted by Crippen LogP contribution is 2.22. The summed E-state index contributed by atoms with van der Waals surface area (Å²) in [4.78, 5) is 34.5. The van der Waals surface area contributed by atoms with Crippen LogP contribution in [-0.4, -0.2) is 49.1 Å². The van der Waals surface area contributed by atoms with E-state index < -0.39 is 6.03 Å². The van der Waals surface area contributed by atoms with Crippen LogP contribution in [0, 0.1) is 35.5 Å². The summed E-state index contributed by atoms with van der Waals surface area (Å²) in [5.74, 6) is 2.23. The van der Waals surface area contributed by atoms with Gasteiger partial charge in [-0.2, -0.15) is 0 Å². The van der Waals surface area contributed by atoms with Crippen molar-refractivity contribution in [1.82, 2.24) is 10.6 Å². The number of urea groups is 1. The van der Waals surface area contributed by atoms with E-state index in [1.807, 2.05) is 53.7 Å². The van der Waals surface area contributed by atoms with Crippen LogP contribution in [0.25, 0.3) is 0 Å². The first-order valence-corrected chi connectivity index (χ1v) is 20.0. The molecule has 0 aliphatic rings. The van der Waals surface area contributed by atoms with Crippen LogP contribution in [0.15, 0.2) is 24.3 Å². The Morgan fingerprint density at radius 3 is 1.67 bits per heavy atom. The molecule has 2 atom stereocenters. The first-order valence-electron chi connectivity index (χ1n) is 20.0. The van der Waals surface area contributed by atoms with Crippen LogP contribution in [0.4, 0.5) is 4.79 Å². The van der Waals surface area contributed by atoms with Gasteiger partial charge in [0.2, 0.25) is 0 Å². The molecular weight excluding hydrogens is 638 g/mol. The number of ether oxygens (including phenoxy) is 2. The van der Waals surface area contributed by atoms with Gasteiger partial charge < -0.3 is 25.8 Å². The molecule has 0 spiro atoms. The van der Waals surface area contributed by atoms with Crippen molar-refractivity contribution in [2.45, 2.75) is 174 Å². The molecule has 8 heteroatoms. The normalized spacial score (nSPS) is 12.2. The predicted octanol–water partition coefficient (Wildman–Crippen LogP) is 10.1. The minimum atomic E-state index is -0.502. The lowest BCUT2D eigenvalue weighted by Crippen LogP contribution is -2.39. The van der Waals surface area contributed by atoms with Gasteiger partial charge in [0.05, 0.1) is 12.0 Å². The molecule has 51 heavy (non-hydrogen) atoms. The summed E-state index contributed by atoms with van der Waals surface area (Å²) in [6, 6.07) is 8.66. The molecule has 0 aliphatic heterocycles. The van der Waals surface area contributed by atoms with Gasteiger partial charge in [0, 0.05) is 37.1 Å². The zero-order valence-corrected chi connectivity index (χ0v) is 36.0. The number of hydrogen-bond acceptors (Lipinski definition) is 6. The molecular formula is C43H83N3O5. The van der Waals surface area contributed by atoms with Crippen molar-refractivity contribution >= 4 is 17.8 Å². The van der Waals surface area contributed by atoms with E-state index in [0.29, 0.717) is 49.0 Å². The first kappa shape index (κ1) is 52.9. The molecule has 0 aromatic heterocycles. The van der Waals surface area contributed by atoms with Gasteiger partial charge in [-0.05, 0) is 81.3 Å². The molecule has 1 aromatic carbocycles. The topological polar surface area (TPSA) is 120 Å². The van der Waals surface area contributed by atoms with Crippen LogP contribution < -0.4 is 16.4 Å². The Labute approximate surface area is 315 Å². The molecule has 2 amide bonds. The van der Waals surface area contributed by atoms with Crippen molar-refractivity contribution in [1.29, 1.82) is 0 Å². The van der Waals surface area contributed by atoms with Gasteiger partial charge in [0.15, 0.2) is 0 Å². The third-order valence-electron chi connectivity index (χ3n) is 7.84. The summed E-state index contributed by atoms with van der Waals surface area (Å²) in [6.07, 6.45) is 6.16. The lowest BCUT2D eigenvalue weighted by Gasteiger charge is -2.27. The van der Waals surface area contributed by atoms with Crippen molar-refractivity contribution in [2.24, 2.45) is 41.2 Å². The summed E-state index contributed by atoms with van der Waals surface area (Å²) in [5.41, 5.74) is 7.45. The Morgan fingerprint density at radius 1 is 0.706 bits per heavy atom. The molecule has 0 saturated carbocycles. The number of carbonyl (C=O) groups is 3. The average molecular weight is 722 g/mol. The van der Waals surface area contributed by atoms with Crippen LogP contribution in [0.3, 0.4) is 0 Å². The molecule has 0 unspecified atom stereocenters. The highest BCUT2D eigenvalue weighted by molar-refractivity contribution is 5.82. The van der Waals surface area contributed by atoms with E-state index >= 15 is 0 Å². The molecule has 8 nitrogen and oxygen atoms in total. The van der Waals surface area contributed by atoms with E-state index in [4.69, 9.17) is 15.2 Å². The molecule has 1 aromatic rings. The van der Waals surface area contributed by atoms with Crippen molar-refractivity contribution in [3.8, 4) is 0 Å². The summed E-state index contributed by atoms with van der Waals surface area (Å²) in [5, 5.41) is 6.19. The maximum atomic E-state index is 12.4. The molecule has 0 radical (unpaired) electrons. The second-order valence-electron chi connectivity index (χ2n) is 15.7. The molecule has 4 N–H and O–H groups in total.